The van der Waals surface area contributed by atoms with Crippen LogP contribution in [0.2, 0.25) is 0 Å². The molecule has 1 saturated carbocycles. The number of rotatable bonds is 2. The van der Waals surface area contributed by atoms with E-state index in [1.54, 1.807) is 0 Å². The first-order valence-corrected chi connectivity index (χ1v) is 3.23. The highest BCUT2D eigenvalue weighted by Gasteiger charge is 2.20. The van der Waals surface area contributed by atoms with E-state index in [9.17, 15) is 0 Å². The summed E-state index contributed by atoms with van der Waals surface area (Å²) in [4.78, 5) is 0. The smallest absolute Gasteiger partial charge is 0.00399 e. The predicted octanol–water partition coefficient (Wildman–Crippen LogP) is 1.65. The summed E-state index contributed by atoms with van der Waals surface area (Å²) in [5, 5.41) is 0. The molecule has 1 nitrogen and oxygen atoms in total. The molecule has 0 heterocycles. The van der Waals surface area contributed by atoms with E-state index >= 15 is 0 Å². The van der Waals surface area contributed by atoms with Crippen LogP contribution >= 0.6 is 0 Å². The van der Waals surface area contributed by atoms with Gasteiger partial charge in [-0.2, -0.15) is 0 Å². The summed E-state index contributed by atoms with van der Waals surface area (Å²) in [6, 6.07) is 0. The second-order valence-electron chi connectivity index (χ2n) is 2.51. The molecular formula is C7H13N. The number of nitrogens with two attached hydrogens (primary N) is 1. The molecule has 0 aromatic heterocycles. The van der Waals surface area contributed by atoms with Crippen LogP contribution in [-0.4, -0.2) is 0 Å². The van der Waals surface area contributed by atoms with Gasteiger partial charge in [-0.3, -0.25) is 0 Å². The minimum absolute atomic E-state index is 0.936. The summed E-state index contributed by atoms with van der Waals surface area (Å²) in [6.07, 6.45) is 5.93. The molecule has 0 aromatic rings. The van der Waals surface area contributed by atoms with Gasteiger partial charge in [0.25, 0.3) is 0 Å². The maximum absolute atomic E-state index is 5.58. The standard InChI is InChI=1S/C7H13N/c1-2-7(8)5-6-3-4-6/h2,6H,3-5,8H2,1H3. The second kappa shape index (κ2) is 2.21. The Bertz CT molecular complexity index is 101. The molecule has 46 valence electrons. The van der Waals surface area contributed by atoms with E-state index in [-0.39, 0.29) is 0 Å². The molecule has 0 saturated heterocycles. The molecule has 0 amide bonds. The molecule has 0 spiro atoms. The van der Waals surface area contributed by atoms with Crippen molar-refractivity contribution < 1.29 is 0 Å². The summed E-state index contributed by atoms with van der Waals surface area (Å²) in [5.74, 6) is 0.936. The number of allylic oxidation sites excluding steroid dienone is 2. The Morgan fingerprint density at radius 1 is 1.75 bits per heavy atom. The summed E-state index contributed by atoms with van der Waals surface area (Å²) < 4.78 is 0. The zero-order valence-corrected chi connectivity index (χ0v) is 5.35. The summed E-state index contributed by atoms with van der Waals surface area (Å²) in [6.45, 7) is 2.00. The quantitative estimate of drug-likeness (QED) is 0.576. The van der Waals surface area contributed by atoms with Crippen LogP contribution in [-0.2, 0) is 0 Å². The van der Waals surface area contributed by atoms with Gasteiger partial charge >= 0.3 is 0 Å². The number of hydrogen-bond acceptors (Lipinski definition) is 1. The molecule has 0 aromatic carbocycles. The van der Waals surface area contributed by atoms with Crippen LogP contribution in [0.3, 0.4) is 0 Å². The average molecular weight is 111 g/mol. The maximum atomic E-state index is 5.58. The largest absolute Gasteiger partial charge is 0.402 e. The Morgan fingerprint density at radius 3 is 2.75 bits per heavy atom. The van der Waals surface area contributed by atoms with Crippen molar-refractivity contribution in [3.8, 4) is 0 Å². The van der Waals surface area contributed by atoms with E-state index in [1.165, 1.54) is 12.8 Å². The molecule has 1 heteroatoms. The van der Waals surface area contributed by atoms with E-state index in [0.717, 1.165) is 18.0 Å². The first-order valence-electron chi connectivity index (χ1n) is 3.23. The van der Waals surface area contributed by atoms with Crippen LogP contribution in [0.4, 0.5) is 0 Å². The van der Waals surface area contributed by atoms with Crippen LogP contribution in [0.25, 0.3) is 0 Å². The lowest BCUT2D eigenvalue weighted by atomic mass is 10.2. The van der Waals surface area contributed by atoms with E-state index in [2.05, 4.69) is 0 Å². The minimum atomic E-state index is 0.936. The van der Waals surface area contributed by atoms with Crippen molar-refractivity contribution in [3.05, 3.63) is 11.8 Å². The molecule has 1 aliphatic carbocycles. The van der Waals surface area contributed by atoms with Gasteiger partial charge < -0.3 is 5.73 Å². The van der Waals surface area contributed by atoms with Crippen molar-refractivity contribution in [2.45, 2.75) is 26.2 Å². The SMILES string of the molecule is CC=C(N)CC1CC1. The van der Waals surface area contributed by atoms with Crippen LogP contribution in [0, 0.1) is 5.92 Å². The first kappa shape index (κ1) is 5.67. The highest BCUT2D eigenvalue weighted by atomic mass is 14.6. The fourth-order valence-corrected chi connectivity index (χ4v) is 0.773. The van der Waals surface area contributed by atoms with Gasteiger partial charge in [-0.15, -0.1) is 0 Å². The molecule has 0 unspecified atom stereocenters. The Kier molecular flexibility index (Phi) is 1.56. The molecule has 1 fully saturated rings. The van der Waals surface area contributed by atoms with Gasteiger partial charge in [0.05, 0.1) is 0 Å². The fraction of sp³-hybridized carbons (Fsp3) is 0.714. The normalized spacial score (nSPS) is 21.4. The average Bonchev–Trinajstić information content (AvgIpc) is 2.50. The minimum Gasteiger partial charge on any atom is -0.402 e. The molecule has 0 atom stereocenters. The molecule has 0 aliphatic heterocycles. The lowest BCUT2D eigenvalue weighted by molar-refractivity contribution is 0.809. The molecule has 1 aliphatic rings. The molecular weight excluding hydrogens is 98.1 g/mol. The third-order valence-electron chi connectivity index (χ3n) is 1.59. The van der Waals surface area contributed by atoms with Crippen LogP contribution < -0.4 is 5.73 Å². The molecule has 0 bridgehead atoms. The van der Waals surface area contributed by atoms with Gasteiger partial charge in [0, 0.05) is 5.70 Å². The Morgan fingerprint density at radius 2 is 2.38 bits per heavy atom. The predicted molar refractivity (Wildman–Crippen MR) is 35.3 cm³/mol. The summed E-state index contributed by atoms with van der Waals surface area (Å²) >= 11 is 0. The Labute approximate surface area is 50.6 Å². The summed E-state index contributed by atoms with van der Waals surface area (Å²) in [5.41, 5.74) is 6.64. The van der Waals surface area contributed by atoms with Crippen molar-refractivity contribution >= 4 is 0 Å². The lowest BCUT2D eigenvalue weighted by Gasteiger charge is -1.93. The van der Waals surface area contributed by atoms with Gasteiger partial charge in [0.1, 0.15) is 0 Å². The van der Waals surface area contributed by atoms with E-state index in [0.29, 0.717) is 0 Å². The fourth-order valence-electron chi connectivity index (χ4n) is 0.773. The van der Waals surface area contributed by atoms with E-state index < -0.39 is 0 Å². The van der Waals surface area contributed by atoms with Gasteiger partial charge in [0.15, 0.2) is 0 Å². The van der Waals surface area contributed by atoms with Crippen molar-refractivity contribution in [2.24, 2.45) is 11.7 Å². The van der Waals surface area contributed by atoms with Crippen LogP contribution in [0.1, 0.15) is 26.2 Å². The third-order valence-corrected chi connectivity index (χ3v) is 1.59. The van der Waals surface area contributed by atoms with Crippen LogP contribution in [0.15, 0.2) is 11.8 Å². The lowest BCUT2D eigenvalue weighted by Crippen LogP contribution is -1.96. The highest BCUT2D eigenvalue weighted by molar-refractivity contribution is 4.98. The molecule has 0 radical (unpaired) electrons. The zero-order valence-electron chi connectivity index (χ0n) is 5.35. The zero-order chi connectivity index (χ0) is 5.98. The van der Waals surface area contributed by atoms with Gasteiger partial charge in [-0.1, -0.05) is 6.08 Å². The third kappa shape index (κ3) is 1.57. The highest BCUT2D eigenvalue weighted by Crippen LogP contribution is 2.33. The van der Waals surface area contributed by atoms with Crippen molar-refractivity contribution in [3.63, 3.8) is 0 Å². The Hall–Kier alpha value is -0.460. The first-order chi connectivity index (χ1) is 3.83. The monoisotopic (exact) mass is 111 g/mol. The topological polar surface area (TPSA) is 26.0 Å². The molecule has 2 N–H and O–H groups in total. The van der Waals surface area contributed by atoms with Crippen molar-refractivity contribution in [1.82, 2.24) is 0 Å². The van der Waals surface area contributed by atoms with Crippen molar-refractivity contribution in [1.29, 1.82) is 0 Å². The molecule has 8 heavy (non-hydrogen) atoms. The second-order valence-corrected chi connectivity index (χ2v) is 2.51. The number of hydrogen-bond donors (Lipinski definition) is 1. The van der Waals surface area contributed by atoms with Crippen molar-refractivity contribution in [2.75, 3.05) is 0 Å². The van der Waals surface area contributed by atoms with Gasteiger partial charge in [0.2, 0.25) is 0 Å². The van der Waals surface area contributed by atoms with Gasteiger partial charge in [-0.25, -0.2) is 0 Å². The van der Waals surface area contributed by atoms with E-state index in [1.807, 2.05) is 13.0 Å². The Balaban J connectivity index is 2.16. The van der Waals surface area contributed by atoms with Gasteiger partial charge in [-0.05, 0) is 32.1 Å². The molecule has 1 rings (SSSR count). The maximum Gasteiger partial charge on any atom is 0.00399 e. The van der Waals surface area contributed by atoms with E-state index in [4.69, 9.17) is 5.73 Å². The summed E-state index contributed by atoms with van der Waals surface area (Å²) in [7, 11) is 0. The van der Waals surface area contributed by atoms with Crippen LogP contribution in [0.5, 0.6) is 0 Å².